The van der Waals surface area contributed by atoms with Gasteiger partial charge in [0.2, 0.25) is 0 Å². The van der Waals surface area contributed by atoms with Gasteiger partial charge < -0.3 is 19.7 Å². The van der Waals surface area contributed by atoms with Gasteiger partial charge in [-0.1, -0.05) is 12.8 Å². The van der Waals surface area contributed by atoms with Crippen LogP contribution >= 0.6 is 0 Å². The average molecular weight is 232 g/mol. The molecule has 4 atom stereocenters. The van der Waals surface area contributed by atoms with Crippen molar-refractivity contribution in [2.24, 2.45) is 0 Å². The summed E-state index contributed by atoms with van der Waals surface area (Å²) in [5, 5.41) is 18.4. The summed E-state index contributed by atoms with van der Waals surface area (Å²) in [6.07, 6.45) is 3.55. The first-order chi connectivity index (χ1) is 7.59. The zero-order valence-electron chi connectivity index (χ0n) is 10.3. The van der Waals surface area contributed by atoms with E-state index in [1.165, 1.54) is 0 Å². The van der Waals surface area contributed by atoms with Crippen molar-refractivity contribution in [2.75, 3.05) is 13.2 Å². The van der Waals surface area contributed by atoms with Crippen LogP contribution in [0, 0.1) is 0 Å². The van der Waals surface area contributed by atoms with Gasteiger partial charge >= 0.3 is 0 Å². The maximum Gasteiger partial charge on any atom is 0.0838 e. The first-order valence-corrected chi connectivity index (χ1v) is 6.19. The molecule has 0 bridgehead atoms. The van der Waals surface area contributed by atoms with Crippen LogP contribution in [-0.4, -0.2) is 47.8 Å². The minimum Gasteiger partial charge on any atom is -0.391 e. The van der Waals surface area contributed by atoms with E-state index in [0.29, 0.717) is 13.2 Å². The SMILES string of the molecule is CC(O)COC1CCCCC1OCC(C)O. The Morgan fingerprint density at radius 1 is 0.938 bits per heavy atom. The predicted molar refractivity (Wildman–Crippen MR) is 61.3 cm³/mol. The molecule has 96 valence electrons. The Bertz CT molecular complexity index is 162. The van der Waals surface area contributed by atoms with Gasteiger partial charge in [0.15, 0.2) is 0 Å². The Hall–Kier alpha value is -0.160. The highest BCUT2D eigenvalue weighted by Crippen LogP contribution is 2.24. The maximum absolute atomic E-state index is 9.18. The lowest BCUT2D eigenvalue weighted by molar-refractivity contribution is -0.117. The third kappa shape index (κ3) is 5.25. The number of hydrogen-bond donors (Lipinski definition) is 2. The summed E-state index contributed by atoms with van der Waals surface area (Å²) in [7, 11) is 0. The van der Waals surface area contributed by atoms with Gasteiger partial charge in [-0.05, 0) is 26.7 Å². The van der Waals surface area contributed by atoms with Crippen LogP contribution in [0.25, 0.3) is 0 Å². The molecule has 4 nitrogen and oxygen atoms in total. The minimum absolute atomic E-state index is 0.0714. The molecule has 0 heterocycles. The molecule has 0 spiro atoms. The van der Waals surface area contributed by atoms with Crippen molar-refractivity contribution in [2.45, 2.75) is 63.9 Å². The topological polar surface area (TPSA) is 58.9 Å². The van der Waals surface area contributed by atoms with Gasteiger partial charge in [0.1, 0.15) is 0 Å². The molecule has 1 aliphatic carbocycles. The number of hydrogen-bond acceptors (Lipinski definition) is 4. The molecule has 0 aliphatic heterocycles. The van der Waals surface area contributed by atoms with Crippen molar-refractivity contribution in [3.63, 3.8) is 0 Å². The Labute approximate surface area is 97.6 Å². The van der Waals surface area contributed by atoms with Crippen LogP contribution in [0.1, 0.15) is 39.5 Å². The molecular weight excluding hydrogens is 208 g/mol. The molecule has 1 rings (SSSR count). The van der Waals surface area contributed by atoms with Crippen LogP contribution in [0.3, 0.4) is 0 Å². The Kier molecular flexibility index (Phi) is 6.28. The third-order valence-corrected chi connectivity index (χ3v) is 2.74. The molecule has 16 heavy (non-hydrogen) atoms. The highest BCUT2D eigenvalue weighted by molar-refractivity contribution is 4.77. The molecule has 0 aromatic rings. The maximum atomic E-state index is 9.18. The second-order valence-electron chi connectivity index (χ2n) is 4.73. The largest absolute Gasteiger partial charge is 0.391 e. The van der Waals surface area contributed by atoms with E-state index >= 15 is 0 Å². The van der Waals surface area contributed by atoms with Crippen LogP contribution < -0.4 is 0 Å². The van der Waals surface area contributed by atoms with Crippen LogP contribution in [-0.2, 0) is 9.47 Å². The highest BCUT2D eigenvalue weighted by Gasteiger charge is 2.27. The van der Waals surface area contributed by atoms with Crippen molar-refractivity contribution < 1.29 is 19.7 Å². The van der Waals surface area contributed by atoms with Crippen molar-refractivity contribution in [3.05, 3.63) is 0 Å². The van der Waals surface area contributed by atoms with Crippen molar-refractivity contribution >= 4 is 0 Å². The van der Waals surface area contributed by atoms with Crippen molar-refractivity contribution in [1.29, 1.82) is 0 Å². The molecule has 0 amide bonds. The van der Waals surface area contributed by atoms with Crippen molar-refractivity contribution in [1.82, 2.24) is 0 Å². The lowest BCUT2D eigenvalue weighted by Gasteiger charge is -2.32. The first-order valence-electron chi connectivity index (χ1n) is 6.19. The lowest BCUT2D eigenvalue weighted by Crippen LogP contribution is -2.37. The van der Waals surface area contributed by atoms with Gasteiger partial charge in [-0.2, -0.15) is 0 Å². The van der Waals surface area contributed by atoms with Crippen LogP contribution in [0.5, 0.6) is 0 Å². The molecule has 2 N–H and O–H groups in total. The van der Waals surface area contributed by atoms with E-state index in [2.05, 4.69) is 0 Å². The van der Waals surface area contributed by atoms with Crippen LogP contribution in [0.2, 0.25) is 0 Å². The smallest absolute Gasteiger partial charge is 0.0838 e. The second-order valence-corrected chi connectivity index (χ2v) is 4.73. The lowest BCUT2D eigenvalue weighted by atomic mass is 9.94. The van der Waals surface area contributed by atoms with E-state index in [0.717, 1.165) is 25.7 Å². The number of rotatable bonds is 6. The standard InChI is InChI=1S/C12H24O4/c1-9(13)7-15-11-5-3-4-6-12(11)16-8-10(2)14/h9-14H,3-8H2,1-2H3. The van der Waals surface area contributed by atoms with Gasteiger partial charge in [-0.3, -0.25) is 0 Å². The fraction of sp³-hybridized carbons (Fsp3) is 1.00. The summed E-state index contributed by atoms with van der Waals surface area (Å²) in [6, 6.07) is 0. The van der Waals surface area contributed by atoms with Crippen LogP contribution in [0.15, 0.2) is 0 Å². The summed E-state index contributed by atoms with van der Waals surface area (Å²) < 4.78 is 11.3. The number of ether oxygens (including phenoxy) is 2. The molecule has 0 aromatic heterocycles. The fourth-order valence-corrected chi connectivity index (χ4v) is 1.97. The summed E-state index contributed by atoms with van der Waals surface area (Å²) >= 11 is 0. The minimum atomic E-state index is -0.431. The molecule has 0 aromatic carbocycles. The highest BCUT2D eigenvalue weighted by atomic mass is 16.5. The van der Waals surface area contributed by atoms with Gasteiger partial charge in [0.25, 0.3) is 0 Å². The van der Waals surface area contributed by atoms with Gasteiger partial charge in [-0.25, -0.2) is 0 Å². The van der Waals surface area contributed by atoms with E-state index in [1.54, 1.807) is 13.8 Å². The Balaban J connectivity index is 2.31. The Morgan fingerprint density at radius 2 is 1.31 bits per heavy atom. The molecular formula is C12H24O4. The first kappa shape index (κ1) is 13.9. The average Bonchev–Trinajstić information content (AvgIpc) is 2.24. The summed E-state index contributed by atoms with van der Waals surface area (Å²) in [6.45, 7) is 4.15. The van der Waals surface area contributed by atoms with Gasteiger partial charge in [-0.15, -0.1) is 0 Å². The number of aliphatic hydroxyl groups excluding tert-OH is 2. The van der Waals surface area contributed by atoms with Gasteiger partial charge in [0.05, 0.1) is 37.6 Å². The van der Waals surface area contributed by atoms with E-state index in [1.807, 2.05) is 0 Å². The third-order valence-electron chi connectivity index (χ3n) is 2.74. The van der Waals surface area contributed by atoms with E-state index in [9.17, 15) is 10.2 Å². The second kappa shape index (κ2) is 7.22. The number of aliphatic hydroxyl groups is 2. The molecule has 1 aliphatic rings. The molecule has 1 fully saturated rings. The zero-order valence-corrected chi connectivity index (χ0v) is 10.3. The molecule has 0 radical (unpaired) electrons. The summed E-state index contributed by atoms with van der Waals surface area (Å²) in [5.41, 5.74) is 0. The summed E-state index contributed by atoms with van der Waals surface area (Å²) in [4.78, 5) is 0. The normalized spacial score (nSPS) is 30.0. The molecule has 4 unspecified atom stereocenters. The van der Waals surface area contributed by atoms with E-state index in [4.69, 9.17) is 9.47 Å². The monoisotopic (exact) mass is 232 g/mol. The molecule has 1 saturated carbocycles. The summed E-state index contributed by atoms with van der Waals surface area (Å²) in [5.74, 6) is 0. The van der Waals surface area contributed by atoms with Crippen molar-refractivity contribution in [3.8, 4) is 0 Å². The Morgan fingerprint density at radius 3 is 1.62 bits per heavy atom. The van der Waals surface area contributed by atoms with Crippen LogP contribution in [0.4, 0.5) is 0 Å². The molecule has 4 heteroatoms. The predicted octanol–water partition coefficient (Wildman–Crippen LogP) is 1.09. The van der Waals surface area contributed by atoms with Gasteiger partial charge in [0, 0.05) is 0 Å². The fourth-order valence-electron chi connectivity index (χ4n) is 1.97. The zero-order chi connectivity index (χ0) is 12.0. The molecule has 0 saturated heterocycles. The van der Waals surface area contributed by atoms with E-state index < -0.39 is 12.2 Å². The quantitative estimate of drug-likeness (QED) is 0.720. The van der Waals surface area contributed by atoms with E-state index in [-0.39, 0.29) is 12.2 Å².